The van der Waals surface area contributed by atoms with Crippen molar-refractivity contribution in [1.29, 1.82) is 0 Å². The van der Waals surface area contributed by atoms with Crippen LogP contribution in [0.25, 0.3) is 0 Å². The maximum atomic E-state index is 12.3. The number of nitrogens with one attached hydrogen (secondary N) is 1. The SMILES string of the molecule is O=C(CN1CCN(Cc2ccccc2Cl)CC1)N/N=C\c1cccc(Oc2ccccc2)c1. The molecule has 1 N–H and O–H groups in total. The lowest BCUT2D eigenvalue weighted by Crippen LogP contribution is -2.48. The number of rotatable bonds is 8. The highest BCUT2D eigenvalue weighted by atomic mass is 35.5. The second kappa shape index (κ2) is 11.6. The minimum Gasteiger partial charge on any atom is -0.457 e. The number of amides is 1. The summed E-state index contributed by atoms with van der Waals surface area (Å²) in [5.74, 6) is 1.36. The molecule has 0 radical (unpaired) electrons. The average molecular weight is 463 g/mol. The number of piperazine rings is 1. The van der Waals surface area contributed by atoms with E-state index < -0.39 is 0 Å². The lowest BCUT2D eigenvalue weighted by atomic mass is 10.2. The van der Waals surface area contributed by atoms with E-state index in [4.69, 9.17) is 16.3 Å². The van der Waals surface area contributed by atoms with Crippen LogP contribution in [0.1, 0.15) is 11.1 Å². The van der Waals surface area contributed by atoms with Crippen LogP contribution in [-0.4, -0.2) is 54.6 Å². The van der Waals surface area contributed by atoms with Gasteiger partial charge < -0.3 is 4.74 Å². The van der Waals surface area contributed by atoms with E-state index in [1.54, 1.807) is 6.21 Å². The standard InChI is InChI=1S/C26H27ClN4O2/c27-25-12-5-4-8-22(25)19-30-13-15-31(16-14-30)20-26(32)29-28-18-21-7-6-11-24(17-21)33-23-9-2-1-3-10-23/h1-12,17-18H,13-16,19-20H2,(H,29,32)/b28-18-. The zero-order valence-electron chi connectivity index (χ0n) is 18.4. The Morgan fingerprint density at radius 2 is 1.61 bits per heavy atom. The smallest absolute Gasteiger partial charge is 0.254 e. The summed E-state index contributed by atoms with van der Waals surface area (Å²) in [4.78, 5) is 16.8. The molecule has 1 aliphatic rings. The average Bonchev–Trinajstić information content (AvgIpc) is 2.83. The zero-order chi connectivity index (χ0) is 22.9. The van der Waals surface area contributed by atoms with Crippen LogP contribution < -0.4 is 10.2 Å². The van der Waals surface area contributed by atoms with Crippen molar-refractivity contribution in [2.75, 3.05) is 32.7 Å². The van der Waals surface area contributed by atoms with Crippen molar-refractivity contribution < 1.29 is 9.53 Å². The first-order chi connectivity index (χ1) is 16.2. The summed E-state index contributed by atoms with van der Waals surface area (Å²) < 4.78 is 5.83. The number of hydrogen-bond donors (Lipinski definition) is 1. The summed E-state index contributed by atoms with van der Waals surface area (Å²) in [7, 11) is 0. The molecular formula is C26H27ClN4O2. The van der Waals surface area contributed by atoms with Gasteiger partial charge in [-0.05, 0) is 41.5 Å². The molecule has 1 amide bonds. The summed E-state index contributed by atoms with van der Waals surface area (Å²) >= 11 is 6.27. The van der Waals surface area contributed by atoms with Gasteiger partial charge in [0.15, 0.2) is 0 Å². The first kappa shape index (κ1) is 23.0. The second-order valence-corrected chi connectivity index (χ2v) is 8.33. The fraction of sp³-hybridized carbons (Fsp3) is 0.231. The van der Waals surface area contributed by atoms with Gasteiger partial charge in [-0.2, -0.15) is 5.10 Å². The third kappa shape index (κ3) is 7.15. The molecular weight excluding hydrogens is 436 g/mol. The fourth-order valence-corrected chi connectivity index (χ4v) is 3.87. The maximum absolute atomic E-state index is 12.3. The minimum absolute atomic E-state index is 0.123. The van der Waals surface area contributed by atoms with Gasteiger partial charge in [-0.25, -0.2) is 5.43 Å². The van der Waals surface area contributed by atoms with Crippen LogP contribution in [0.5, 0.6) is 11.5 Å². The minimum atomic E-state index is -0.123. The summed E-state index contributed by atoms with van der Waals surface area (Å²) in [6.45, 7) is 4.62. The Bertz CT molecular complexity index is 1080. The molecule has 7 heteroatoms. The van der Waals surface area contributed by atoms with Crippen LogP contribution in [0.15, 0.2) is 84.0 Å². The Morgan fingerprint density at radius 1 is 0.909 bits per heavy atom. The normalized spacial score (nSPS) is 14.9. The van der Waals surface area contributed by atoms with E-state index in [9.17, 15) is 4.79 Å². The van der Waals surface area contributed by atoms with Crippen LogP contribution >= 0.6 is 11.6 Å². The number of nitrogens with zero attached hydrogens (tertiary/aromatic N) is 3. The van der Waals surface area contributed by atoms with Gasteiger partial charge in [0, 0.05) is 37.7 Å². The number of ether oxygens (including phenoxy) is 1. The van der Waals surface area contributed by atoms with Gasteiger partial charge in [0.25, 0.3) is 5.91 Å². The Labute approximate surface area is 199 Å². The van der Waals surface area contributed by atoms with Crippen LogP contribution in [0, 0.1) is 0 Å². The maximum Gasteiger partial charge on any atom is 0.254 e. The fourth-order valence-electron chi connectivity index (χ4n) is 3.67. The van der Waals surface area contributed by atoms with Crippen molar-refractivity contribution in [1.82, 2.24) is 15.2 Å². The molecule has 3 aromatic carbocycles. The van der Waals surface area contributed by atoms with Crippen molar-refractivity contribution >= 4 is 23.7 Å². The van der Waals surface area contributed by atoms with Gasteiger partial charge in [0.05, 0.1) is 12.8 Å². The molecule has 170 valence electrons. The lowest BCUT2D eigenvalue weighted by molar-refractivity contribution is -0.122. The van der Waals surface area contributed by atoms with Crippen LogP contribution in [-0.2, 0) is 11.3 Å². The zero-order valence-corrected chi connectivity index (χ0v) is 19.1. The predicted molar refractivity (Wildman–Crippen MR) is 132 cm³/mol. The molecule has 0 bridgehead atoms. The van der Waals surface area contributed by atoms with E-state index in [-0.39, 0.29) is 5.91 Å². The van der Waals surface area contributed by atoms with Crippen LogP contribution in [0.4, 0.5) is 0 Å². The molecule has 1 aliphatic heterocycles. The predicted octanol–water partition coefficient (Wildman–Crippen LogP) is 4.40. The Morgan fingerprint density at radius 3 is 2.39 bits per heavy atom. The summed E-state index contributed by atoms with van der Waals surface area (Å²) in [5.41, 5.74) is 4.60. The highest BCUT2D eigenvalue weighted by Crippen LogP contribution is 2.21. The number of hydrogen-bond acceptors (Lipinski definition) is 5. The first-order valence-corrected chi connectivity index (χ1v) is 11.4. The monoisotopic (exact) mass is 462 g/mol. The Kier molecular flexibility index (Phi) is 8.09. The Balaban J connectivity index is 1.20. The lowest BCUT2D eigenvalue weighted by Gasteiger charge is -2.34. The largest absolute Gasteiger partial charge is 0.457 e. The van der Waals surface area contributed by atoms with E-state index in [0.29, 0.717) is 12.3 Å². The number of halogens is 1. The van der Waals surface area contributed by atoms with Gasteiger partial charge in [-0.15, -0.1) is 0 Å². The van der Waals surface area contributed by atoms with Crippen molar-refractivity contribution in [3.8, 4) is 11.5 Å². The Hall–Kier alpha value is -3.19. The van der Waals surface area contributed by atoms with E-state index in [0.717, 1.165) is 54.6 Å². The second-order valence-electron chi connectivity index (χ2n) is 7.92. The first-order valence-electron chi connectivity index (χ1n) is 11.0. The molecule has 0 atom stereocenters. The van der Waals surface area contributed by atoms with Gasteiger partial charge >= 0.3 is 0 Å². The molecule has 3 aromatic rings. The number of benzene rings is 3. The van der Waals surface area contributed by atoms with Crippen LogP contribution in [0.3, 0.4) is 0 Å². The third-order valence-electron chi connectivity index (χ3n) is 5.42. The molecule has 0 saturated carbocycles. The molecule has 0 aromatic heterocycles. The van der Waals surface area contributed by atoms with Gasteiger partial charge in [0.2, 0.25) is 0 Å². The van der Waals surface area contributed by atoms with Crippen molar-refractivity contribution in [3.05, 3.63) is 95.0 Å². The van der Waals surface area contributed by atoms with Crippen molar-refractivity contribution in [2.24, 2.45) is 5.10 Å². The topological polar surface area (TPSA) is 57.2 Å². The number of carbonyl (C=O) groups is 1. The molecule has 0 unspecified atom stereocenters. The summed E-state index contributed by atoms with van der Waals surface area (Å²) in [5, 5.41) is 4.90. The van der Waals surface area contributed by atoms with E-state index in [2.05, 4.69) is 26.4 Å². The summed E-state index contributed by atoms with van der Waals surface area (Å²) in [6, 6.07) is 25.1. The number of para-hydroxylation sites is 1. The van der Waals surface area contributed by atoms with Crippen molar-refractivity contribution in [2.45, 2.75) is 6.54 Å². The number of hydrazone groups is 1. The molecule has 1 heterocycles. The van der Waals surface area contributed by atoms with Crippen LogP contribution in [0.2, 0.25) is 5.02 Å². The van der Waals surface area contributed by atoms with E-state index >= 15 is 0 Å². The third-order valence-corrected chi connectivity index (χ3v) is 5.79. The van der Waals surface area contributed by atoms with E-state index in [1.165, 1.54) is 0 Å². The molecule has 6 nitrogen and oxygen atoms in total. The van der Waals surface area contributed by atoms with Gasteiger partial charge in [-0.1, -0.05) is 60.1 Å². The summed E-state index contributed by atoms with van der Waals surface area (Å²) in [6.07, 6.45) is 1.62. The molecule has 33 heavy (non-hydrogen) atoms. The highest BCUT2D eigenvalue weighted by molar-refractivity contribution is 6.31. The van der Waals surface area contributed by atoms with E-state index in [1.807, 2.05) is 72.8 Å². The molecule has 0 aliphatic carbocycles. The quantitative estimate of drug-likeness (QED) is 0.398. The molecule has 4 rings (SSSR count). The molecule has 0 spiro atoms. The van der Waals surface area contributed by atoms with Gasteiger partial charge in [0.1, 0.15) is 11.5 Å². The molecule has 1 saturated heterocycles. The van der Waals surface area contributed by atoms with Gasteiger partial charge in [-0.3, -0.25) is 14.6 Å². The molecule has 1 fully saturated rings. The van der Waals surface area contributed by atoms with Crippen molar-refractivity contribution in [3.63, 3.8) is 0 Å². The number of carbonyl (C=O) groups excluding carboxylic acids is 1. The highest BCUT2D eigenvalue weighted by Gasteiger charge is 2.19.